The standard InChI is InChI=1S/C10H13F3N2O/c11-10(12,13)8-15(5-6-16)7-9-3-1-2-4-14-9/h1-4,16H,5-8H2. The zero-order chi connectivity index (χ0) is 12.0. The number of aromatic nitrogens is 1. The van der Waals surface area contributed by atoms with E-state index in [0.717, 1.165) is 4.90 Å². The highest BCUT2D eigenvalue weighted by atomic mass is 19.4. The fourth-order valence-corrected chi connectivity index (χ4v) is 1.33. The van der Waals surface area contributed by atoms with Gasteiger partial charge in [-0.25, -0.2) is 0 Å². The van der Waals surface area contributed by atoms with Crippen LogP contribution >= 0.6 is 0 Å². The molecule has 1 N–H and O–H groups in total. The Morgan fingerprint density at radius 1 is 1.31 bits per heavy atom. The Labute approximate surface area is 91.5 Å². The molecule has 0 radical (unpaired) electrons. The van der Waals surface area contributed by atoms with Gasteiger partial charge < -0.3 is 5.11 Å². The molecule has 6 heteroatoms. The van der Waals surface area contributed by atoms with Crippen molar-refractivity contribution in [3.8, 4) is 0 Å². The monoisotopic (exact) mass is 234 g/mol. The molecular weight excluding hydrogens is 221 g/mol. The van der Waals surface area contributed by atoms with Gasteiger partial charge in [0, 0.05) is 19.3 Å². The summed E-state index contributed by atoms with van der Waals surface area (Å²) in [7, 11) is 0. The van der Waals surface area contributed by atoms with Crippen LogP contribution in [0.5, 0.6) is 0 Å². The van der Waals surface area contributed by atoms with E-state index in [1.165, 1.54) is 6.20 Å². The number of halogens is 3. The van der Waals surface area contributed by atoms with E-state index in [0.29, 0.717) is 5.69 Å². The average Bonchev–Trinajstić information content (AvgIpc) is 2.17. The number of rotatable bonds is 5. The van der Waals surface area contributed by atoms with Gasteiger partial charge in [0.25, 0.3) is 0 Å². The molecule has 0 saturated heterocycles. The van der Waals surface area contributed by atoms with Crippen LogP contribution in [-0.4, -0.2) is 40.9 Å². The molecule has 1 aromatic heterocycles. The Bertz CT molecular complexity index is 303. The minimum atomic E-state index is -4.26. The van der Waals surface area contributed by atoms with Crippen LogP contribution in [0, 0.1) is 0 Å². The molecule has 1 heterocycles. The molecule has 0 aromatic carbocycles. The van der Waals surface area contributed by atoms with Gasteiger partial charge in [-0.3, -0.25) is 9.88 Å². The summed E-state index contributed by atoms with van der Waals surface area (Å²) < 4.78 is 36.6. The molecule has 3 nitrogen and oxygen atoms in total. The zero-order valence-corrected chi connectivity index (χ0v) is 8.61. The highest BCUT2D eigenvalue weighted by Crippen LogP contribution is 2.17. The lowest BCUT2D eigenvalue weighted by Crippen LogP contribution is -2.35. The predicted octanol–water partition coefficient (Wildman–Crippen LogP) is 1.44. The molecule has 0 aliphatic rings. The summed E-state index contributed by atoms with van der Waals surface area (Å²) in [5.74, 6) is 0. The molecule has 1 rings (SSSR count). The fourth-order valence-electron chi connectivity index (χ4n) is 1.33. The van der Waals surface area contributed by atoms with Crippen molar-refractivity contribution in [1.82, 2.24) is 9.88 Å². The topological polar surface area (TPSA) is 36.4 Å². The number of pyridine rings is 1. The molecule has 16 heavy (non-hydrogen) atoms. The average molecular weight is 234 g/mol. The van der Waals surface area contributed by atoms with Gasteiger partial charge >= 0.3 is 6.18 Å². The lowest BCUT2D eigenvalue weighted by molar-refractivity contribution is -0.148. The smallest absolute Gasteiger partial charge is 0.395 e. The van der Waals surface area contributed by atoms with Crippen LogP contribution in [0.25, 0.3) is 0 Å². The molecule has 0 spiro atoms. The lowest BCUT2D eigenvalue weighted by atomic mass is 10.3. The van der Waals surface area contributed by atoms with Crippen molar-refractivity contribution in [1.29, 1.82) is 0 Å². The zero-order valence-electron chi connectivity index (χ0n) is 8.61. The molecule has 0 amide bonds. The van der Waals surface area contributed by atoms with Crippen LogP contribution in [0.4, 0.5) is 13.2 Å². The molecule has 0 atom stereocenters. The van der Waals surface area contributed by atoms with Gasteiger partial charge in [0.05, 0.1) is 18.8 Å². The van der Waals surface area contributed by atoms with Gasteiger partial charge in [0.15, 0.2) is 0 Å². The number of hydrogen-bond donors (Lipinski definition) is 1. The molecule has 0 fully saturated rings. The fraction of sp³-hybridized carbons (Fsp3) is 0.500. The van der Waals surface area contributed by atoms with Crippen molar-refractivity contribution in [3.05, 3.63) is 30.1 Å². The number of hydrogen-bond acceptors (Lipinski definition) is 3. The van der Waals surface area contributed by atoms with Crippen molar-refractivity contribution in [3.63, 3.8) is 0 Å². The van der Waals surface area contributed by atoms with Crippen LogP contribution in [0.3, 0.4) is 0 Å². The van der Waals surface area contributed by atoms with E-state index in [4.69, 9.17) is 5.11 Å². The van der Waals surface area contributed by atoms with Crippen LogP contribution in [0.2, 0.25) is 0 Å². The molecule has 0 saturated carbocycles. The predicted molar refractivity (Wildman–Crippen MR) is 52.7 cm³/mol. The van der Waals surface area contributed by atoms with Gasteiger partial charge in [0.1, 0.15) is 0 Å². The highest BCUT2D eigenvalue weighted by molar-refractivity contribution is 5.03. The van der Waals surface area contributed by atoms with Gasteiger partial charge in [-0.1, -0.05) is 6.07 Å². The van der Waals surface area contributed by atoms with Crippen LogP contribution in [0.15, 0.2) is 24.4 Å². The first-order valence-electron chi connectivity index (χ1n) is 4.81. The number of aliphatic hydroxyl groups excluding tert-OH is 1. The summed E-state index contributed by atoms with van der Waals surface area (Å²) in [5, 5.41) is 8.68. The van der Waals surface area contributed by atoms with E-state index < -0.39 is 12.7 Å². The molecular formula is C10H13F3N2O. The summed E-state index contributed by atoms with van der Waals surface area (Å²) in [6.07, 6.45) is -2.73. The van der Waals surface area contributed by atoms with Crippen molar-refractivity contribution < 1.29 is 18.3 Å². The molecule has 0 bridgehead atoms. The van der Waals surface area contributed by atoms with Crippen LogP contribution in [0.1, 0.15) is 5.69 Å². The quantitative estimate of drug-likeness (QED) is 0.837. The molecule has 1 aromatic rings. The van der Waals surface area contributed by atoms with Gasteiger partial charge in [-0.2, -0.15) is 13.2 Å². The van der Waals surface area contributed by atoms with Gasteiger partial charge in [-0.05, 0) is 12.1 Å². The summed E-state index contributed by atoms with van der Waals surface area (Å²) in [4.78, 5) is 5.05. The second kappa shape index (κ2) is 5.81. The normalized spacial score (nSPS) is 12.1. The van der Waals surface area contributed by atoms with Crippen molar-refractivity contribution >= 4 is 0 Å². The van der Waals surface area contributed by atoms with E-state index in [2.05, 4.69) is 4.98 Å². The maximum absolute atomic E-state index is 12.2. The summed E-state index contributed by atoms with van der Waals surface area (Å²) in [5.41, 5.74) is 0.556. The third kappa shape index (κ3) is 5.09. The maximum Gasteiger partial charge on any atom is 0.401 e. The molecule has 0 aliphatic heterocycles. The third-order valence-corrected chi connectivity index (χ3v) is 1.93. The first kappa shape index (κ1) is 12.9. The van der Waals surface area contributed by atoms with Crippen LogP contribution < -0.4 is 0 Å². The second-order valence-electron chi connectivity index (χ2n) is 3.37. The molecule has 0 aliphatic carbocycles. The van der Waals surface area contributed by atoms with E-state index in [9.17, 15) is 13.2 Å². The van der Waals surface area contributed by atoms with E-state index in [-0.39, 0.29) is 19.7 Å². The number of alkyl halides is 3. The Balaban J connectivity index is 2.58. The second-order valence-corrected chi connectivity index (χ2v) is 3.37. The lowest BCUT2D eigenvalue weighted by Gasteiger charge is -2.22. The summed E-state index contributed by atoms with van der Waals surface area (Å²) in [6.45, 7) is -1.27. The Kier molecular flexibility index (Phi) is 4.70. The summed E-state index contributed by atoms with van der Waals surface area (Å²) >= 11 is 0. The highest BCUT2D eigenvalue weighted by Gasteiger charge is 2.30. The SMILES string of the molecule is OCCN(Cc1ccccn1)CC(F)(F)F. The summed E-state index contributed by atoms with van der Waals surface area (Å²) in [6, 6.07) is 5.07. The first-order valence-corrected chi connectivity index (χ1v) is 4.81. The third-order valence-electron chi connectivity index (χ3n) is 1.93. The Morgan fingerprint density at radius 2 is 2.06 bits per heavy atom. The van der Waals surface area contributed by atoms with Gasteiger partial charge in [0.2, 0.25) is 0 Å². The first-order chi connectivity index (χ1) is 7.51. The number of nitrogens with zero attached hydrogens (tertiary/aromatic N) is 2. The van der Waals surface area contributed by atoms with E-state index >= 15 is 0 Å². The maximum atomic E-state index is 12.2. The van der Waals surface area contributed by atoms with Crippen molar-refractivity contribution in [2.24, 2.45) is 0 Å². The Hall–Kier alpha value is -1.14. The largest absolute Gasteiger partial charge is 0.401 e. The van der Waals surface area contributed by atoms with Crippen molar-refractivity contribution in [2.75, 3.05) is 19.7 Å². The number of aliphatic hydroxyl groups is 1. The molecule has 0 unspecified atom stereocenters. The minimum Gasteiger partial charge on any atom is -0.395 e. The van der Waals surface area contributed by atoms with E-state index in [1.807, 2.05) is 0 Å². The molecule has 90 valence electrons. The van der Waals surface area contributed by atoms with Gasteiger partial charge in [-0.15, -0.1) is 0 Å². The minimum absolute atomic E-state index is 0.0178. The van der Waals surface area contributed by atoms with Crippen LogP contribution in [-0.2, 0) is 6.54 Å². The Morgan fingerprint density at radius 3 is 2.56 bits per heavy atom. The van der Waals surface area contributed by atoms with E-state index in [1.54, 1.807) is 18.2 Å². The van der Waals surface area contributed by atoms with Crippen molar-refractivity contribution in [2.45, 2.75) is 12.7 Å².